The number of methoxy groups -OCH3 is 1. The van der Waals surface area contributed by atoms with E-state index in [2.05, 4.69) is 10.6 Å². The quantitative estimate of drug-likeness (QED) is 0.276. The molecule has 3 aromatic carbocycles. The zero-order valence-electron chi connectivity index (χ0n) is 24.1. The summed E-state index contributed by atoms with van der Waals surface area (Å²) in [6, 6.07) is 14.0. The molecule has 0 spiro atoms. The fourth-order valence-electron chi connectivity index (χ4n) is 4.83. The molecule has 0 aromatic heterocycles. The van der Waals surface area contributed by atoms with Gasteiger partial charge in [0.2, 0.25) is 10.0 Å². The number of sulfonamides is 1. The molecule has 1 amide bonds. The first kappa shape index (κ1) is 29.9. The van der Waals surface area contributed by atoms with Gasteiger partial charge in [-0.25, -0.2) is 17.6 Å². The average Bonchev–Trinajstić information content (AvgIpc) is 3.30. The molecular weight excluding hydrogens is 579 g/mol. The van der Waals surface area contributed by atoms with Gasteiger partial charge in [-0.3, -0.25) is 9.10 Å². The Morgan fingerprint density at radius 3 is 2.40 bits per heavy atom. The van der Waals surface area contributed by atoms with Gasteiger partial charge in [0.05, 0.1) is 41.6 Å². The molecule has 43 heavy (non-hydrogen) atoms. The van der Waals surface area contributed by atoms with Gasteiger partial charge in [0.15, 0.2) is 11.5 Å². The minimum Gasteiger partial charge on any atom is -0.486 e. The van der Waals surface area contributed by atoms with Crippen LogP contribution in [0.4, 0.5) is 21.5 Å². The van der Waals surface area contributed by atoms with E-state index in [1.165, 1.54) is 25.3 Å². The Kier molecular flexibility index (Phi) is 8.29. The summed E-state index contributed by atoms with van der Waals surface area (Å²) in [5.41, 5.74) is 2.49. The van der Waals surface area contributed by atoms with Crippen LogP contribution in [0.5, 0.6) is 11.5 Å². The Hall–Kier alpha value is -4.62. The molecule has 0 atom stereocenters. The van der Waals surface area contributed by atoms with Gasteiger partial charge in [-0.2, -0.15) is 0 Å². The predicted molar refractivity (Wildman–Crippen MR) is 161 cm³/mol. The van der Waals surface area contributed by atoms with Gasteiger partial charge < -0.3 is 29.7 Å². The first-order valence-electron chi connectivity index (χ1n) is 13.3. The third-order valence-electron chi connectivity index (χ3n) is 6.90. The van der Waals surface area contributed by atoms with Crippen molar-refractivity contribution in [1.82, 2.24) is 4.90 Å². The van der Waals surface area contributed by atoms with Crippen molar-refractivity contribution in [2.24, 2.45) is 0 Å². The monoisotopic (exact) mass is 610 g/mol. The number of ether oxygens (including phenoxy) is 3. The zero-order valence-corrected chi connectivity index (χ0v) is 24.9. The predicted octanol–water partition coefficient (Wildman–Crippen LogP) is 3.64. The summed E-state index contributed by atoms with van der Waals surface area (Å²) in [6.07, 6.45) is 1.03. The van der Waals surface area contributed by atoms with E-state index in [1.54, 1.807) is 55.4 Å². The summed E-state index contributed by atoms with van der Waals surface area (Å²) in [7, 11) is 1.10. The highest BCUT2D eigenvalue weighted by Crippen LogP contribution is 2.41. The topological polar surface area (TPSA) is 127 Å². The molecule has 0 saturated heterocycles. The number of anilines is 3. The minimum absolute atomic E-state index is 0.0620. The van der Waals surface area contributed by atoms with Crippen LogP contribution in [0.3, 0.4) is 0 Å². The van der Waals surface area contributed by atoms with Crippen LogP contribution in [-0.2, 0) is 19.6 Å². The van der Waals surface area contributed by atoms with Crippen LogP contribution in [0.2, 0.25) is 0 Å². The molecule has 2 heterocycles. The number of nitrogens with one attached hydrogen (secondary N) is 2. The Bertz CT molecular complexity index is 1740. The lowest BCUT2D eigenvalue weighted by Gasteiger charge is -2.25. The van der Waals surface area contributed by atoms with E-state index in [0.717, 1.165) is 10.6 Å². The number of carbonyl (C=O) groups excluding carboxylic acids is 2. The van der Waals surface area contributed by atoms with Gasteiger partial charge in [0.1, 0.15) is 19.0 Å². The number of halogens is 1. The van der Waals surface area contributed by atoms with Crippen LogP contribution in [0.1, 0.15) is 21.5 Å². The highest BCUT2D eigenvalue weighted by molar-refractivity contribution is 7.92. The number of fused-ring (bicyclic) bond motifs is 2. The number of rotatable bonds is 9. The maximum atomic E-state index is 15.5. The van der Waals surface area contributed by atoms with E-state index in [-0.39, 0.29) is 29.1 Å². The minimum atomic E-state index is -3.76. The smallest absolute Gasteiger partial charge is 0.337 e. The van der Waals surface area contributed by atoms with E-state index in [0.29, 0.717) is 53.8 Å². The molecule has 2 N–H and O–H groups in total. The number of benzene rings is 3. The Morgan fingerprint density at radius 1 is 1.00 bits per heavy atom. The lowest BCUT2D eigenvalue weighted by molar-refractivity contribution is -0.110. The van der Waals surface area contributed by atoms with E-state index >= 15 is 4.39 Å². The lowest BCUT2D eigenvalue weighted by Crippen LogP contribution is -2.36. The molecule has 2 aliphatic heterocycles. The van der Waals surface area contributed by atoms with E-state index in [4.69, 9.17) is 14.2 Å². The number of carbonyl (C=O) groups is 2. The summed E-state index contributed by atoms with van der Waals surface area (Å²) < 4.78 is 57.8. The highest BCUT2D eigenvalue weighted by Gasteiger charge is 2.30. The molecule has 226 valence electrons. The fourth-order valence-corrected chi connectivity index (χ4v) is 5.75. The first-order chi connectivity index (χ1) is 20.5. The second-order valence-corrected chi connectivity index (χ2v) is 12.2. The fraction of sp³-hybridized carbons (Fsp3) is 0.267. The summed E-state index contributed by atoms with van der Waals surface area (Å²) in [4.78, 5) is 27.3. The molecule has 13 heteroatoms. The molecule has 2 aliphatic rings. The van der Waals surface area contributed by atoms with Crippen molar-refractivity contribution in [2.45, 2.75) is 0 Å². The summed E-state index contributed by atoms with van der Waals surface area (Å²) in [6.45, 7) is 1.21. The summed E-state index contributed by atoms with van der Waals surface area (Å²) >= 11 is 0. The van der Waals surface area contributed by atoms with Gasteiger partial charge in [-0.15, -0.1) is 0 Å². The first-order valence-corrected chi connectivity index (χ1v) is 15.2. The van der Waals surface area contributed by atoms with E-state index in [1.807, 2.05) is 0 Å². The van der Waals surface area contributed by atoms with Crippen molar-refractivity contribution in [1.29, 1.82) is 0 Å². The van der Waals surface area contributed by atoms with Crippen molar-refractivity contribution in [2.75, 3.05) is 68.7 Å². The van der Waals surface area contributed by atoms with Gasteiger partial charge >= 0.3 is 5.97 Å². The number of esters is 1. The molecule has 0 unspecified atom stereocenters. The van der Waals surface area contributed by atoms with Crippen molar-refractivity contribution in [3.8, 4) is 11.5 Å². The van der Waals surface area contributed by atoms with Crippen LogP contribution in [-0.4, -0.2) is 79.0 Å². The van der Waals surface area contributed by atoms with Crippen molar-refractivity contribution < 1.29 is 36.6 Å². The second-order valence-electron chi connectivity index (χ2n) is 10.2. The number of amides is 1. The number of hydrogen-bond acceptors (Lipinski definition) is 9. The van der Waals surface area contributed by atoms with Crippen LogP contribution in [0.25, 0.3) is 11.3 Å². The molecule has 5 rings (SSSR count). The SMILES string of the molecule is COC(=O)c1ccc2c(c1)NC(=O)C2=C(Nc1ccc(N(CCN(C)C)S(C)(=O)=O)c(F)c1)c1ccc2c(c1)OCCO2. The molecule has 0 bridgehead atoms. The van der Waals surface area contributed by atoms with Crippen LogP contribution in [0, 0.1) is 5.82 Å². The van der Waals surface area contributed by atoms with E-state index < -0.39 is 27.7 Å². The molecule has 3 aromatic rings. The van der Waals surface area contributed by atoms with Crippen molar-refractivity contribution in [3.63, 3.8) is 0 Å². The molecule has 0 fully saturated rings. The van der Waals surface area contributed by atoms with Gasteiger partial charge in [0, 0.05) is 29.9 Å². The average molecular weight is 611 g/mol. The Labute approximate surface area is 248 Å². The van der Waals surface area contributed by atoms with Gasteiger partial charge in [0.25, 0.3) is 5.91 Å². The summed E-state index contributed by atoms with van der Waals surface area (Å²) in [5.74, 6) is -0.732. The summed E-state index contributed by atoms with van der Waals surface area (Å²) in [5, 5.41) is 5.96. The van der Waals surface area contributed by atoms with Crippen molar-refractivity contribution in [3.05, 3.63) is 77.1 Å². The lowest BCUT2D eigenvalue weighted by atomic mass is 9.98. The second kappa shape index (κ2) is 11.9. The van der Waals surface area contributed by atoms with Gasteiger partial charge in [-0.1, -0.05) is 6.07 Å². The van der Waals surface area contributed by atoms with Crippen molar-refractivity contribution >= 4 is 50.2 Å². The van der Waals surface area contributed by atoms with Crippen LogP contribution >= 0.6 is 0 Å². The molecular formula is C30H31FN4O7S. The normalized spacial score (nSPS) is 15.1. The zero-order chi connectivity index (χ0) is 30.9. The largest absolute Gasteiger partial charge is 0.486 e. The van der Waals surface area contributed by atoms with E-state index in [9.17, 15) is 18.0 Å². The van der Waals surface area contributed by atoms with Gasteiger partial charge in [-0.05, 0) is 62.6 Å². The molecule has 0 aliphatic carbocycles. The maximum absolute atomic E-state index is 15.5. The molecule has 0 radical (unpaired) electrons. The Balaban J connectivity index is 1.60. The Morgan fingerprint density at radius 2 is 1.72 bits per heavy atom. The number of likely N-dealkylation sites (N-methyl/N-ethyl adjacent to an activating group) is 1. The number of hydrogen-bond donors (Lipinski definition) is 2. The molecule has 11 nitrogen and oxygen atoms in total. The maximum Gasteiger partial charge on any atom is 0.337 e. The number of nitrogens with zero attached hydrogens (tertiary/aromatic N) is 2. The third-order valence-corrected chi connectivity index (χ3v) is 8.08. The van der Waals surface area contributed by atoms with Crippen LogP contribution < -0.4 is 24.4 Å². The third kappa shape index (κ3) is 6.27. The highest BCUT2D eigenvalue weighted by atomic mass is 32.2. The molecule has 0 saturated carbocycles. The van der Waals surface area contributed by atoms with Crippen LogP contribution in [0.15, 0.2) is 54.6 Å². The standard InChI is InChI=1S/C30H31FN4O7S/c1-34(2)11-12-35(43(4,38)39)24-9-7-20(17-22(24)31)32-28(18-6-10-25-26(16-18)42-14-13-41-25)27-21-8-5-19(30(37)40-3)15-23(21)33-29(27)36/h5-10,15-17,32H,11-14H2,1-4H3,(H,33,36).